The smallest absolute Gasteiger partial charge is 0.256 e. The van der Waals surface area contributed by atoms with Crippen molar-refractivity contribution in [1.82, 2.24) is 4.31 Å². The third kappa shape index (κ3) is 4.60. The number of benzene rings is 1. The van der Waals surface area contributed by atoms with Crippen LogP contribution >= 0.6 is 11.8 Å². The summed E-state index contributed by atoms with van der Waals surface area (Å²) < 4.78 is 26.3. The lowest BCUT2D eigenvalue weighted by Gasteiger charge is -2.16. The van der Waals surface area contributed by atoms with Crippen molar-refractivity contribution in [2.45, 2.75) is 51.2 Å². The van der Waals surface area contributed by atoms with Crippen molar-refractivity contribution in [1.29, 1.82) is 0 Å². The van der Waals surface area contributed by atoms with Crippen LogP contribution in [0.15, 0.2) is 35.3 Å². The first-order chi connectivity index (χ1) is 11.5. The van der Waals surface area contributed by atoms with E-state index in [9.17, 15) is 13.2 Å². The molecule has 0 radical (unpaired) electrons. The van der Waals surface area contributed by atoms with Gasteiger partial charge in [0, 0.05) is 0 Å². The fourth-order valence-corrected chi connectivity index (χ4v) is 5.39. The summed E-state index contributed by atoms with van der Waals surface area (Å²) in [4.78, 5) is 16.9. The van der Waals surface area contributed by atoms with E-state index >= 15 is 0 Å². The number of amidine groups is 1. The molecule has 1 aromatic carbocycles. The van der Waals surface area contributed by atoms with Gasteiger partial charge in [-0.3, -0.25) is 4.79 Å². The number of nitrogens with zero attached hydrogens (tertiary/aromatic N) is 2. The second-order valence-corrected chi connectivity index (χ2v) is 8.83. The highest BCUT2D eigenvalue weighted by Gasteiger charge is 2.43. The molecular weight excluding hydrogens is 344 g/mol. The molecule has 1 aliphatic heterocycles. The summed E-state index contributed by atoms with van der Waals surface area (Å²) in [6.45, 7) is 3.96. The summed E-state index contributed by atoms with van der Waals surface area (Å²) in [6, 6.07) is 9.13. The molecule has 5 nitrogen and oxygen atoms in total. The Kier molecular flexibility index (Phi) is 6.86. The van der Waals surface area contributed by atoms with E-state index < -0.39 is 10.0 Å². The molecule has 1 amide bonds. The molecule has 0 aromatic heterocycles. The number of thioether (sulfide) groups is 1. The lowest BCUT2D eigenvalue weighted by atomic mass is 10.2. The molecule has 1 fully saturated rings. The third-order valence-electron chi connectivity index (χ3n) is 3.78. The van der Waals surface area contributed by atoms with Crippen molar-refractivity contribution in [3.05, 3.63) is 30.3 Å². The van der Waals surface area contributed by atoms with E-state index in [0.717, 1.165) is 23.6 Å². The Labute approximate surface area is 148 Å². The van der Waals surface area contributed by atoms with Gasteiger partial charge >= 0.3 is 0 Å². The molecule has 24 heavy (non-hydrogen) atoms. The van der Waals surface area contributed by atoms with Gasteiger partial charge in [0.05, 0.1) is 16.7 Å². The van der Waals surface area contributed by atoms with Crippen LogP contribution in [0.3, 0.4) is 0 Å². The number of rotatable bonds is 8. The summed E-state index contributed by atoms with van der Waals surface area (Å²) in [5, 5.41) is -0.105. The van der Waals surface area contributed by atoms with Crippen LogP contribution in [0, 0.1) is 0 Å². The van der Waals surface area contributed by atoms with Gasteiger partial charge in [0.2, 0.25) is 10.0 Å². The Balaban J connectivity index is 2.25. The average molecular weight is 369 g/mol. The van der Waals surface area contributed by atoms with Gasteiger partial charge in [-0.25, -0.2) is 13.4 Å². The first kappa shape index (κ1) is 19.0. The van der Waals surface area contributed by atoms with E-state index in [1.54, 1.807) is 12.1 Å². The number of aliphatic imine (C=N–C) groups is 1. The number of amides is 1. The number of carbonyl (C=O) groups is 1. The molecule has 1 aliphatic rings. The number of sulfonamides is 1. The van der Waals surface area contributed by atoms with Crippen molar-refractivity contribution < 1.29 is 13.2 Å². The SMILES string of the molecule is CCCCCCS(=O)(=O)N1C(=O)C(CC)SC1=Nc1ccccc1. The highest BCUT2D eigenvalue weighted by atomic mass is 32.2. The van der Waals surface area contributed by atoms with E-state index in [1.165, 1.54) is 11.8 Å². The number of unbranched alkanes of at least 4 members (excludes halogenated alkanes) is 3. The van der Waals surface area contributed by atoms with Crippen molar-refractivity contribution in [2.24, 2.45) is 4.99 Å². The van der Waals surface area contributed by atoms with Gasteiger partial charge in [-0.1, -0.05) is 63.1 Å². The Morgan fingerprint density at radius 3 is 2.46 bits per heavy atom. The number of para-hydroxylation sites is 1. The van der Waals surface area contributed by atoms with Crippen LogP contribution in [0.1, 0.15) is 46.0 Å². The molecule has 0 spiro atoms. The van der Waals surface area contributed by atoms with Crippen LogP contribution in [0.2, 0.25) is 0 Å². The minimum Gasteiger partial charge on any atom is -0.272 e. The van der Waals surface area contributed by atoms with Gasteiger partial charge < -0.3 is 0 Å². The maximum atomic E-state index is 12.7. The number of hydrogen-bond acceptors (Lipinski definition) is 5. The predicted octanol–water partition coefficient (Wildman–Crippen LogP) is 3.94. The molecule has 0 aliphatic carbocycles. The van der Waals surface area contributed by atoms with E-state index in [0.29, 0.717) is 18.5 Å². The quantitative estimate of drug-likeness (QED) is 0.652. The standard InChI is InChI=1S/C17H24N2O3S2/c1-3-5-6-10-13-24(21,22)19-16(20)15(4-2)23-17(19)18-14-11-8-7-9-12-14/h7-9,11-12,15H,3-6,10,13H2,1-2H3. The lowest BCUT2D eigenvalue weighted by molar-refractivity contribution is -0.122. The summed E-state index contributed by atoms with van der Waals surface area (Å²) in [6.07, 6.45) is 4.05. The molecule has 1 saturated heterocycles. The molecular formula is C17H24N2O3S2. The van der Waals surface area contributed by atoms with Gasteiger partial charge in [0.15, 0.2) is 5.17 Å². The summed E-state index contributed by atoms with van der Waals surface area (Å²) in [7, 11) is -3.67. The molecule has 1 atom stereocenters. The molecule has 7 heteroatoms. The first-order valence-corrected chi connectivity index (χ1v) is 10.9. The van der Waals surface area contributed by atoms with Crippen LogP contribution in [-0.2, 0) is 14.8 Å². The predicted molar refractivity (Wildman–Crippen MR) is 100.0 cm³/mol. The Morgan fingerprint density at radius 2 is 1.83 bits per heavy atom. The van der Waals surface area contributed by atoms with Crippen molar-refractivity contribution in [3.63, 3.8) is 0 Å². The second kappa shape index (κ2) is 8.67. The lowest BCUT2D eigenvalue weighted by Crippen LogP contribution is -2.39. The Hall–Kier alpha value is -1.34. The molecule has 0 bridgehead atoms. The molecule has 0 saturated carbocycles. The Bertz CT molecular complexity index is 687. The fourth-order valence-electron chi connectivity index (χ4n) is 2.45. The van der Waals surface area contributed by atoms with Gasteiger partial charge in [-0.05, 0) is 25.0 Å². The second-order valence-electron chi connectivity index (χ2n) is 5.72. The van der Waals surface area contributed by atoms with E-state index in [2.05, 4.69) is 11.9 Å². The van der Waals surface area contributed by atoms with Gasteiger partial charge in [0.1, 0.15) is 0 Å². The maximum Gasteiger partial charge on any atom is 0.256 e. The van der Waals surface area contributed by atoms with Gasteiger partial charge in [0.25, 0.3) is 5.91 Å². The van der Waals surface area contributed by atoms with Crippen molar-refractivity contribution in [3.8, 4) is 0 Å². The van der Waals surface area contributed by atoms with Crippen LogP contribution in [-0.4, -0.2) is 34.8 Å². The third-order valence-corrected chi connectivity index (χ3v) is 6.92. The zero-order valence-corrected chi connectivity index (χ0v) is 15.8. The molecule has 1 unspecified atom stereocenters. The van der Waals surface area contributed by atoms with Crippen LogP contribution in [0.25, 0.3) is 0 Å². The molecule has 132 valence electrons. The van der Waals surface area contributed by atoms with Crippen LogP contribution < -0.4 is 0 Å². The minimum absolute atomic E-state index is 0.0104. The van der Waals surface area contributed by atoms with E-state index in [-0.39, 0.29) is 22.1 Å². The zero-order chi connectivity index (χ0) is 17.6. The van der Waals surface area contributed by atoms with Crippen molar-refractivity contribution >= 4 is 38.5 Å². The highest BCUT2D eigenvalue weighted by molar-refractivity contribution is 8.17. The fraction of sp³-hybridized carbons (Fsp3) is 0.529. The van der Waals surface area contributed by atoms with E-state index in [1.807, 2.05) is 25.1 Å². The number of hydrogen-bond donors (Lipinski definition) is 0. The zero-order valence-electron chi connectivity index (χ0n) is 14.1. The van der Waals surface area contributed by atoms with Crippen LogP contribution in [0.4, 0.5) is 5.69 Å². The number of carbonyl (C=O) groups excluding carboxylic acids is 1. The normalized spacial score (nSPS) is 20.1. The summed E-state index contributed by atoms with van der Waals surface area (Å²) in [5.74, 6) is -0.378. The molecule has 1 heterocycles. The topological polar surface area (TPSA) is 66.8 Å². The van der Waals surface area contributed by atoms with Gasteiger partial charge in [-0.15, -0.1) is 0 Å². The summed E-state index contributed by atoms with van der Waals surface area (Å²) in [5.41, 5.74) is 0.649. The largest absolute Gasteiger partial charge is 0.272 e. The van der Waals surface area contributed by atoms with E-state index in [4.69, 9.17) is 0 Å². The maximum absolute atomic E-state index is 12.7. The monoisotopic (exact) mass is 368 g/mol. The summed E-state index contributed by atoms with van der Waals surface area (Å²) >= 11 is 1.24. The first-order valence-electron chi connectivity index (χ1n) is 8.36. The van der Waals surface area contributed by atoms with Crippen molar-refractivity contribution in [2.75, 3.05) is 5.75 Å². The Morgan fingerprint density at radius 1 is 1.12 bits per heavy atom. The minimum atomic E-state index is -3.67. The highest BCUT2D eigenvalue weighted by Crippen LogP contribution is 2.33. The van der Waals surface area contributed by atoms with Gasteiger partial charge in [-0.2, -0.15) is 4.31 Å². The molecule has 2 rings (SSSR count). The molecule has 0 N–H and O–H groups in total. The van der Waals surface area contributed by atoms with Crippen LogP contribution in [0.5, 0.6) is 0 Å². The average Bonchev–Trinajstić information content (AvgIpc) is 2.89. The molecule has 1 aromatic rings.